The van der Waals surface area contributed by atoms with Crippen molar-refractivity contribution in [1.29, 1.82) is 0 Å². The minimum Gasteiger partial charge on any atom is -0.314 e. The molecular formula is C15H29F3N2. The molecule has 1 aliphatic heterocycles. The molecule has 3 atom stereocenters. The quantitative estimate of drug-likeness (QED) is 0.718. The van der Waals surface area contributed by atoms with Gasteiger partial charge in [-0.2, -0.15) is 13.2 Å². The first-order chi connectivity index (χ1) is 9.35. The van der Waals surface area contributed by atoms with Gasteiger partial charge in [-0.15, -0.1) is 0 Å². The van der Waals surface area contributed by atoms with Gasteiger partial charge in [-0.3, -0.25) is 0 Å². The zero-order chi connectivity index (χ0) is 15.2. The highest BCUT2D eigenvalue weighted by atomic mass is 19.4. The Hall–Kier alpha value is -0.290. The van der Waals surface area contributed by atoms with Crippen molar-refractivity contribution >= 4 is 0 Å². The van der Waals surface area contributed by atoms with E-state index in [2.05, 4.69) is 31.0 Å². The minimum absolute atomic E-state index is 0.249. The van der Waals surface area contributed by atoms with Gasteiger partial charge in [-0.05, 0) is 58.2 Å². The first kappa shape index (κ1) is 17.8. The highest BCUT2D eigenvalue weighted by Crippen LogP contribution is 2.25. The predicted octanol–water partition coefficient (Wildman–Crippen LogP) is 3.82. The van der Waals surface area contributed by atoms with Gasteiger partial charge in [-0.1, -0.05) is 13.8 Å². The minimum atomic E-state index is -4.00. The number of rotatable bonds is 7. The summed E-state index contributed by atoms with van der Waals surface area (Å²) in [5, 5.41) is 3.58. The first-order valence-electron chi connectivity index (χ1n) is 7.89. The van der Waals surface area contributed by atoms with Crippen LogP contribution in [0.2, 0.25) is 0 Å². The molecule has 1 N–H and O–H groups in total. The molecular weight excluding hydrogens is 265 g/mol. The summed E-state index contributed by atoms with van der Waals surface area (Å²) >= 11 is 0. The number of nitrogens with zero attached hydrogens (tertiary/aromatic N) is 1. The van der Waals surface area contributed by atoms with Crippen LogP contribution in [0.15, 0.2) is 0 Å². The van der Waals surface area contributed by atoms with E-state index in [4.69, 9.17) is 0 Å². The first-order valence-corrected chi connectivity index (χ1v) is 7.89. The zero-order valence-corrected chi connectivity index (χ0v) is 13.0. The summed E-state index contributed by atoms with van der Waals surface area (Å²) in [7, 11) is 0. The Morgan fingerprint density at radius 2 is 1.90 bits per heavy atom. The van der Waals surface area contributed by atoms with Crippen molar-refractivity contribution in [3.8, 4) is 0 Å². The molecule has 0 aromatic heterocycles. The van der Waals surface area contributed by atoms with E-state index in [1.54, 1.807) is 0 Å². The fourth-order valence-electron chi connectivity index (χ4n) is 3.01. The highest BCUT2D eigenvalue weighted by Gasteiger charge is 2.32. The molecule has 0 saturated carbocycles. The van der Waals surface area contributed by atoms with Gasteiger partial charge >= 0.3 is 6.18 Å². The van der Waals surface area contributed by atoms with Crippen molar-refractivity contribution in [1.82, 2.24) is 10.2 Å². The molecule has 1 heterocycles. The van der Waals surface area contributed by atoms with Crippen LogP contribution in [0, 0.1) is 5.92 Å². The number of unbranched alkanes of at least 4 members (excludes halogenated alkanes) is 1. The van der Waals surface area contributed by atoms with Crippen LogP contribution in [0.3, 0.4) is 0 Å². The fourth-order valence-corrected chi connectivity index (χ4v) is 3.01. The predicted molar refractivity (Wildman–Crippen MR) is 76.8 cm³/mol. The molecule has 0 aliphatic carbocycles. The molecule has 1 fully saturated rings. The lowest BCUT2D eigenvalue weighted by molar-refractivity contribution is -0.135. The van der Waals surface area contributed by atoms with Gasteiger partial charge in [0, 0.05) is 18.5 Å². The molecule has 0 spiro atoms. The smallest absolute Gasteiger partial charge is 0.314 e. The van der Waals surface area contributed by atoms with Crippen LogP contribution in [-0.4, -0.2) is 42.8 Å². The fraction of sp³-hybridized carbons (Fsp3) is 1.00. The largest absolute Gasteiger partial charge is 0.389 e. The second-order valence-corrected chi connectivity index (χ2v) is 6.06. The van der Waals surface area contributed by atoms with Crippen LogP contribution in [-0.2, 0) is 0 Å². The molecule has 0 radical (unpaired) electrons. The Labute approximate surface area is 121 Å². The lowest BCUT2D eigenvalue weighted by Gasteiger charge is -2.43. The molecule has 5 heteroatoms. The molecule has 0 amide bonds. The van der Waals surface area contributed by atoms with Gasteiger partial charge in [0.2, 0.25) is 0 Å². The maximum atomic E-state index is 12.1. The van der Waals surface area contributed by atoms with Gasteiger partial charge in [0.15, 0.2) is 0 Å². The van der Waals surface area contributed by atoms with Crippen molar-refractivity contribution in [2.45, 2.75) is 71.1 Å². The number of halogens is 3. The normalized spacial score (nSPS) is 28.8. The zero-order valence-electron chi connectivity index (χ0n) is 13.0. The Bertz CT molecular complexity index is 268. The second-order valence-electron chi connectivity index (χ2n) is 6.06. The van der Waals surface area contributed by atoms with Gasteiger partial charge in [0.1, 0.15) is 0 Å². The van der Waals surface area contributed by atoms with E-state index in [1.165, 1.54) is 0 Å². The SMILES string of the molecule is CCCNC1CCN(CCCCC(F)(F)F)C(C)C1C. The van der Waals surface area contributed by atoms with Crippen molar-refractivity contribution in [3.05, 3.63) is 0 Å². The van der Waals surface area contributed by atoms with E-state index in [-0.39, 0.29) is 6.42 Å². The van der Waals surface area contributed by atoms with Crippen LogP contribution in [0.4, 0.5) is 13.2 Å². The van der Waals surface area contributed by atoms with Crippen molar-refractivity contribution in [3.63, 3.8) is 0 Å². The van der Waals surface area contributed by atoms with E-state index in [1.807, 2.05) is 0 Å². The number of alkyl halides is 3. The summed E-state index contributed by atoms with van der Waals surface area (Å²) in [6, 6.07) is 1.00. The summed E-state index contributed by atoms with van der Waals surface area (Å²) < 4.78 is 36.3. The van der Waals surface area contributed by atoms with Crippen LogP contribution >= 0.6 is 0 Å². The molecule has 1 saturated heterocycles. The average molecular weight is 294 g/mol. The summed E-state index contributed by atoms with van der Waals surface area (Å²) in [5.74, 6) is 0.554. The van der Waals surface area contributed by atoms with Crippen molar-refractivity contribution in [2.75, 3.05) is 19.6 Å². The monoisotopic (exact) mass is 294 g/mol. The molecule has 120 valence electrons. The Balaban J connectivity index is 2.28. The molecule has 1 aliphatic rings. The number of piperidine rings is 1. The third-order valence-electron chi connectivity index (χ3n) is 4.51. The summed E-state index contributed by atoms with van der Waals surface area (Å²) in [5.41, 5.74) is 0. The molecule has 3 unspecified atom stereocenters. The van der Waals surface area contributed by atoms with Crippen LogP contribution < -0.4 is 5.32 Å². The number of hydrogen-bond donors (Lipinski definition) is 1. The molecule has 2 nitrogen and oxygen atoms in total. The number of nitrogens with one attached hydrogen (secondary N) is 1. The summed E-state index contributed by atoms with van der Waals surface area (Å²) in [6.45, 7) is 9.46. The lowest BCUT2D eigenvalue weighted by atomic mass is 9.86. The summed E-state index contributed by atoms with van der Waals surface area (Å²) in [4.78, 5) is 2.35. The van der Waals surface area contributed by atoms with E-state index in [9.17, 15) is 13.2 Å². The highest BCUT2D eigenvalue weighted by molar-refractivity contribution is 4.88. The Kier molecular flexibility index (Phi) is 7.30. The number of hydrogen-bond acceptors (Lipinski definition) is 2. The Morgan fingerprint density at radius 1 is 1.20 bits per heavy atom. The molecule has 0 bridgehead atoms. The van der Waals surface area contributed by atoms with E-state index < -0.39 is 12.6 Å². The van der Waals surface area contributed by atoms with Crippen LogP contribution in [0.5, 0.6) is 0 Å². The van der Waals surface area contributed by atoms with Gasteiger partial charge in [-0.25, -0.2) is 0 Å². The standard InChI is InChI=1S/C15H29F3N2/c1-4-9-19-14-7-11-20(13(3)12(14)2)10-6-5-8-15(16,17)18/h12-14,19H,4-11H2,1-3H3. The number of likely N-dealkylation sites (tertiary alicyclic amines) is 1. The van der Waals surface area contributed by atoms with Crippen LogP contribution in [0.25, 0.3) is 0 Å². The van der Waals surface area contributed by atoms with Crippen molar-refractivity contribution < 1.29 is 13.2 Å². The van der Waals surface area contributed by atoms with Crippen molar-refractivity contribution in [2.24, 2.45) is 5.92 Å². The van der Waals surface area contributed by atoms with E-state index >= 15 is 0 Å². The average Bonchev–Trinajstić information content (AvgIpc) is 2.37. The van der Waals surface area contributed by atoms with E-state index in [0.29, 0.717) is 24.4 Å². The topological polar surface area (TPSA) is 15.3 Å². The van der Waals surface area contributed by atoms with Gasteiger partial charge in [0.05, 0.1) is 0 Å². The lowest BCUT2D eigenvalue weighted by Crippen LogP contribution is -2.53. The summed E-state index contributed by atoms with van der Waals surface area (Å²) in [6.07, 6.45) is -1.52. The van der Waals surface area contributed by atoms with Crippen LogP contribution in [0.1, 0.15) is 52.9 Å². The maximum Gasteiger partial charge on any atom is 0.389 e. The molecule has 20 heavy (non-hydrogen) atoms. The van der Waals surface area contributed by atoms with E-state index in [0.717, 1.165) is 32.5 Å². The maximum absolute atomic E-state index is 12.1. The molecule has 0 aromatic rings. The van der Waals surface area contributed by atoms with Gasteiger partial charge in [0.25, 0.3) is 0 Å². The third kappa shape index (κ3) is 6.00. The van der Waals surface area contributed by atoms with Gasteiger partial charge < -0.3 is 10.2 Å². The molecule has 1 rings (SSSR count). The second kappa shape index (κ2) is 8.23. The molecule has 0 aromatic carbocycles. The Morgan fingerprint density at radius 3 is 2.50 bits per heavy atom. The third-order valence-corrected chi connectivity index (χ3v) is 4.51.